The number of azo groups is 1. The minimum Gasteiger partial charge on any atom is -0.307 e. The van der Waals surface area contributed by atoms with Crippen LogP contribution in [0.4, 0.5) is 0 Å². The topological polar surface area (TPSA) is 67.0 Å². The fourth-order valence-corrected chi connectivity index (χ4v) is 1.22. The highest BCUT2D eigenvalue weighted by Gasteiger charge is 2.13. The van der Waals surface area contributed by atoms with Crippen LogP contribution in [-0.2, 0) is 4.79 Å². The third kappa shape index (κ3) is 2.79. The van der Waals surface area contributed by atoms with Crippen molar-refractivity contribution in [1.82, 2.24) is 4.98 Å². The van der Waals surface area contributed by atoms with Gasteiger partial charge >= 0.3 is 0 Å². The molecule has 0 spiro atoms. The Balaban J connectivity index is 0.000000606. The molecule has 2 rings (SSSR count). The van der Waals surface area contributed by atoms with E-state index in [4.69, 9.17) is 4.79 Å². The Morgan fingerprint density at radius 2 is 2.12 bits per heavy atom. The lowest BCUT2D eigenvalue weighted by molar-refractivity contribution is -0.0979. The van der Waals surface area contributed by atoms with Crippen LogP contribution in [0.15, 0.2) is 33.6 Å². The number of rotatable bonds is 2. The van der Waals surface area contributed by atoms with E-state index < -0.39 is 0 Å². The average molecular weight is 218 g/mol. The van der Waals surface area contributed by atoms with Gasteiger partial charge in [0.2, 0.25) is 0 Å². The lowest BCUT2D eigenvalue weighted by atomic mass is 10.2. The van der Waals surface area contributed by atoms with Crippen LogP contribution in [0.25, 0.3) is 0 Å². The second kappa shape index (κ2) is 5.85. The van der Waals surface area contributed by atoms with Crippen LogP contribution in [0.1, 0.15) is 24.6 Å². The van der Waals surface area contributed by atoms with Gasteiger partial charge in [-0.3, -0.25) is 4.98 Å². The number of nitrogens with zero attached hydrogens (tertiary/aromatic N) is 4. The van der Waals surface area contributed by atoms with Crippen LogP contribution in [0, 0.1) is 6.92 Å². The third-order valence-electron chi connectivity index (χ3n) is 2.09. The molecule has 5 heteroatoms. The van der Waals surface area contributed by atoms with Gasteiger partial charge in [-0.05, 0) is 25.5 Å². The van der Waals surface area contributed by atoms with Crippen molar-refractivity contribution in [2.75, 3.05) is 0 Å². The van der Waals surface area contributed by atoms with Crippen molar-refractivity contribution in [2.24, 2.45) is 15.2 Å². The van der Waals surface area contributed by atoms with Gasteiger partial charge < -0.3 is 4.79 Å². The molecule has 1 aliphatic rings. The quantitative estimate of drug-likeness (QED) is 0.763. The van der Waals surface area contributed by atoms with Gasteiger partial charge in [-0.2, -0.15) is 5.11 Å². The molecule has 0 radical (unpaired) electrons. The summed E-state index contributed by atoms with van der Waals surface area (Å²) < 4.78 is 0. The molecule has 16 heavy (non-hydrogen) atoms. The summed E-state index contributed by atoms with van der Waals surface area (Å²) in [6.07, 6.45) is 2.68. The van der Waals surface area contributed by atoms with Gasteiger partial charge in [0.05, 0.1) is 0 Å². The summed E-state index contributed by atoms with van der Waals surface area (Å²) in [5.41, 5.74) is 1.94. The third-order valence-corrected chi connectivity index (χ3v) is 2.09. The molecule has 0 bridgehead atoms. The fraction of sp³-hybridized carbons (Fsp3) is 0.364. The zero-order chi connectivity index (χ0) is 12.0. The van der Waals surface area contributed by atoms with Crippen molar-refractivity contribution in [3.8, 4) is 0 Å². The second-order valence-corrected chi connectivity index (χ2v) is 3.25. The Labute approximate surface area is 94.3 Å². The van der Waals surface area contributed by atoms with Gasteiger partial charge in [-0.15, -0.1) is 5.11 Å². The first-order chi connectivity index (χ1) is 7.79. The molecule has 0 N–H and O–H groups in total. The van der Waals surface area contributed by atoms with Gasteiger partial charge in [0, 0.05) is 17.5 Å². The molecule has 0 aromatic carbocycles. The van der Waals surface area contributed by atoms with Gasteiger partial charge in [0.1, 0.15) is 6.79 Å². The molecule has 1 atom stereocenters. The minimum absolute atomic E-state index is 0.00584. The van der Waals surface area contributed by atoms with Crippen LogP contribution in [0.3, 0.4) is 0 Å². The predicted molar refractivity (Wildman–Crippen MR) is 61.6 cm³/mol. The molecule has 84 valence electrons. The zero-order valence-corrected chi connectivity index (χ0v) is 9.42. The Bertz CT molecular complexity index is 397. The molecule has 1 aliphatic heterocycles. The first kappa shape index (κ1) is 12.2. The van der Waals surface area contributed by atoms with Crippen LogP contribution in [0.5, 0.6) is 0 Å². The number of aromatic nitrogens is 1. The molecule has 0 saturated carbocycles. The zero-order valence-electron chi connectivity index (χ0n) is 9.42. The van der Waals surface area contributed by atoms with E-state index in [2.05, 4.69) is 20.2 Å². The van der Waals surface area contributed by atoms with E-state index in [-0.39, 0.29) is 6.17 Å². The predicted octanol–water partition coefficient (Wildman–Crippen LogP) is 2.15. The molecule has 1 aromatic heterocycles. The molecular formula is C11H14N4O. The smallest absolute Gasteiger partial charge is 0.180 e. The maximum absolute atomic E-state index is 8.00. The normalized spacial score (nSPS) is 17.6. The summed E-state index contributed by atoms with van der Waals surface area (Å²) in [6, 6.07) is 3.92. The molecule has 0 amide bonds. The van der Waals surface area contributed by atoms with Crippen molar-refractivity contribution >= 4 is 12.6 Å². The summed E-state index contributed by atoms with van der Waals surface area (Å²) >= 11 is 0. The van der Waals surface area contributed by atoms with Gasteiger partial charge in [0.15, 0.2) is 12.0 Å². The first-order valence-corrected chi connectivity index (χ1v) is 5.00. The monoisotopic (exact) mass is 218 g/mol. The molecule has 2 heterocycles. The summed E-state index contributed by atoms with van der Waals surface area (Å²) in [6.45, 7) is 6.00. The van der Waals surface area contributed by atoms with Gasteiger partial charge in [-0.1, -0.05) is 6.92 Å². The molecule has 0 saturated heterocycles. The van der Waals surface area contributed by atoms with E-state index in [1.807, 2.05) is 32.8 Å². The Morgan fingerprint density at radius 1 is 1.38 bits per heavy atom. The average Bonchev–Trinajstić information content (AvgIpc) is 2.81. The van der Waals surface area contributed by atoms with Crippen LogP contribution < -0.4 is 0 Å². The molecule has 0 aliphatic carbocycles. The Kier molecular flexibility index (Phi) is 4.44. The van der Waals surface area contributed by atoms with Gasteiger partial charge in [0.25, 0.3) is 0 Å². The molecule has 1 aromatic rings. The van der Waals surface area contributed by atoms with Crippen LogP contribution >= 0.6 is 0 Å². The fourth-order valence-electron chi connectivity index (χ4n) is 1.22. The van der Waals surface area contributed by atoms with E-state index in [1.165, 1.54) is 0 Å². The standard InChI is InChI=1S/C10H12N4.CH2O/c1-3-9-12-10(14-13-9)8-5-4-7(2)11-6-8;1-2/h4-6,9H,3H2,1-2H3;1H2. The summed E-state index contributed by atoms with van der Waals surface area (Å²) in [7, 11) is 0. The number of hydrogen-bond donors (Lipinski definition) is 0. The number of pyridine rings is 1. The number of carbonyl (C=O) groups is 1. The summed E-state index contributed by atoms with van der Waals surface area (Å²) in [5, 5.41) is 8.05. The largest absolute Gasteiger partial charge is 0.307 e. The molecular weight excluding hydrogens is 204 g/mol. The van der Waals surface area contributed by atoms with Gasteiger partial charge in [-0.25, -0.2) is 4.99 Å². The van der Waals surface area contributed by atoms with Crippen LogP contribution in [-0.4, -0.2) is 23.8 Å². The van der Waals surface area contributed by atoms with E-state index >= 15 is 0 Å². The molecule has 1 unspecified atom stereocenters. The number of carbonyl (C=O) groups excluding carboxylic acids is 1. The van der Waals surface area contributed by atoms with E-state index in [0.29, 0.717) is 5.84 Å². The van der Waals surface area contributed by atoms with Crippen molar-refractivity contribution in [1.29, 1.82) is 0 Å². The van der Waals surface area contributed by atoms with E-state index in [9.17, 15) is 0 Å². The highest BCUT2D eigenvalue weighted by molar-refractivity contribution is 5.99. The SMILES string of the molecule is C=O.CCC1N=NC(c2ccc(C)nc2)=N1. The highest BCUT2D eigenvalue weighted by atomic mass is 16.1. The van der Waals surface area contributed by atoms with Crippen molar-refractivity contribution in [3.05, 3.63) is 29.6 Å². The highest BCUT2D eigenvalue weighted by Crippen LogP contribution is 2.13. The Morgan fingerprint density at radius 3 is 2.62 bits per heavy atom. The molecule has 0 fully saturated rings. The van der Waals surface area contributed by atoms with E-state index in [1.54, 1.807) is 6.20 Å². The lowest BCUT2D eigenvalue weighted by Gasteiger charge is -1.96. The second-order valence-electron chi connectivity index (χ2n) is 3.25. The number of amidine groups is 1. The number of aryl methyl sites for hydroxylation is 1. The van der Waals surface area contributed by atoms with Crippen molar-refractivity contribution in [2.45, 2.75) is 26.4 Å². The lowest BCUT2D eigenvalue weighted by Crippen LogP contribution is -1.98. The Hall–Kier alpha value is -1.91. The maximum atomic E-state index is 8.00. The first-order valence-electron chi connectivity index (χ1n) is 5.00. The summed E-state index contributed by atoms with van der Waals surface area (Å²) in [5.74, 6) is 0.698. The minimum atomic E-state index is 0.00584. The summed E-state index contributed by atoms with van der Waals surface area (Å²) in [4.78, 5) is 16.5. The number of aliphatic imine (C=N–C) groups is 1. The molecule has 5 nitrogen and oxygen atoms in total. The van der Waals surface area contributed by atoms with E-state index in [0.717, 1.165) is 17.7 Å². The van der Waals surface area contributed by atoms with Crippen molar-refractivity contribution < 1.29 is 4.79 Å². The maximum Gasteiger partial charge on any atom is 0.180 e. The van der Waals surface area contributed by atoms with Crippen LogP contribution in [0.2, 0.25) is 0 Å². The number of hydrogen-bond acceptors (Lipinski definition) is 5. The van der Waals surface area contributed by atoms with Crippen molar-refractivity contribution in [3.63, 3.8) is 0 Å².